The summed E-state index contributed by atoms with van der Waals surface area (Å²) >= 11 is 17.9. The van der Waals surface area contributed by atoms with Gasteiger partial charge in [0.15, 0.2) is 0 Å². The van der Waals surface area contributed by atoms with Crippen LogP contribution in [0, 0.1) is 0 Å². The summed E-state index contributed by atoms with van der Waals surface area (Å²) < 4.78 is 28.2. The molecule has 0 saturated carbocycles. The smallest absolute Gasteiger partial charge is 0.207 e. The van der Waals surface area contributed by atoms with Crippen LogP contribution in [0.3, 0.4) is 0 Å². The summed E-state index contributed by atoms with van der Waals surface area (Å²) in [6, 6.07) is 10.2. The zero-order valence-corrected chi connectivity index (χ0v) is 17.3. The van der Waals surface area contributed by atoms with Crippen LogP contribution in [0.15, 0.2) is 41.3 Å². The molecule has 1 unspecified atom stereocenters. The van der Waals surface area contributed by atoms with Crippen molar-refractivity contribution in [1.82, 2.24) is 4.72 Å². The molecule has 0 amide bonds. The number of sulfonamides is 1. The molecular formula is C18H20Cl3NO2S. The molecule has 0 fully saturated rings. The van der Waals surface area contributed by atoms with Crippen LogP contribution in [0.1, 0.15) is 50.3 Å². The van der Waals surface area contributed by atoms with Crippen LogP contribution in [-0.4, -0.2) is 8.42 Å². The van der Waals surface area contributed by atoms with E-state index in [-0.39, 0.29) is 26.0 Å². The zero-order chi connectivity index (χ0) is 18.8. The molecule has 0 bridgehead atoms. The average molecular weight is 421 g/mol. The summed E-state index contributed by atoms with van der Waals surface area (Å²) in [5.74, 6) is 0.417. The molecule has 1 atom stereocenters. The third-order valence-corrected chi connectivity index (χ3v) is 6.63. The summed E-state index contributed by atoms with van der Waals surface area (Å²) in [7, 11) is -3.84. The molecule has 1 N–H and O–H groups in total. The lowest BCUT2D eigenvalue weighted by atomic mass is 9.98. The molecule has 0 aliphatic carbocycles. The average Bonchev–Trinajstić information content (AvgIpc) is 2.56. The van der Waals surface area contributed by atoms with E-state index in [2.05, 4.69) is 18.6 Å². The van der Waals surface area contributed by atoms with E-state index in [1.54, 1.807) is 0 Å². The molecule has 136 valence electrons. The van der Waals surface area contributed by atoms with Crippen LogP contribution in [-0.2, 0) is 10.0 Å². The lowest BCUT2D eigenvalue weighted by molar-refractivity contribution is 0.550. The predicted molar refractivity (Wildman–Crippen MR) is 105 cm³/mol. The monoisotopic (exact) mass is 419 g/mol. The van der Waals surface area contributed by atoms with Gasteiger partial charge in [0, 0.05) is 6.04 Å². The first kappa shape index (κ1) is 20.5. The quantitative estimate of drug-likeness (QED) is 0.565. The van der Waals surface area contributed by atoms with E-state index in [4.69, 9.17) is 34.8 Å². The van der Waals surface area contributed by atoms with E-state index >= 15 is 0 Å². The standard InChI is InChI=1S/C18H20Cl3NO2S/c1-4-17(13-7-5-12(6-8-13)11(2)3)22-25(23,24)18-10-15(20)14(19)9-16(18)21/h5-11,17,22H,4H2,1-3H3. The van der Waals surface area contributed by atoms with Gasteiger partial charge in [-0.1, -0.05) is 79.8 Å². The fourth-order valence-electron chi connectivity index (χ4n) is 2.46. The number of rotatable bonds is 6. The highest BCUT2D eigenvalue weighted by Gasteiger charge is 2.24. The molecule has 0 aliphatic rings. The summed E-state index contributed by atoms with van der Waals surface area (Å²) in [5, 5.41) is 0.384. The second-order valence-electron chi connectivity index (χ2n) is 6.10. The van der Waals surface area contributed by atoms with Crippen molar-refractivity contribution in [3.8, 4) is 0 Å². The molecule has 0 aliphatic heterocycles. The number of hydrogen-bond acceptors (Lipinski definition) is 2. The van der Waals surface area contributed by atoms with E-state index in [1.165, 1.54) is 17.7 Å². The maximum absolute atomic E-state index is 12.7. The highest BCUT2D eigenvalue weighted by atomic mass is 35.5. The summed E-state index contributed by atoms with van der Waals surface area (Å²) in [4.78, 5) is -0.0826. The highest BCUT2D eigenvalue weighted by Crippen LogP contribution is 2.32. The van der Waals surface area contributed by atoms with Crippen LogP contribution < -0.4 is 4.72 Å². The lowest BCUT2D eigenvalue weighted by Gasteiger charge is -2.19. The summed E-state index contributed by atoms with van der Waals surface area (Å²) in [6.45, 7) is 6.14. The zero-order valence-electron chi connectivity index (χ0n) is 14.2. The molecule has 0 saturated heterocycles. The van der Waals surface area contributed by atoms with Gasteiger partial charge < -0.3 is 0 Å². The van der Waals surface area contributed by atoms with Crippen molar-refractivity contribution in [2.24, 2.45) is 0 Å². The molecular weight excluding hydrogens is 401 g/mol. The van der Waals surface area contributed by atoms with Gasteiger partial charge >= 0.3 is 0 Å². The van der Waals surface area contributed by atoms with Crippen molar-refractivity contribution in [3.63, 3.8) is 0 Å². The number of halogens is 3. The Hall–Kier alpha value is -0.780. The van der Waals surface area contributed by atoms with Crippen LogP contribution in [0.25, 0.3) is 0 Å². The maximum Gasteiger partial charge on any atom is 0.242 e. The number of nitrogens with one attached hydrogen (secondary N) is 1. The number of hydrogen-bond donors (Lipinski definition) is 1. The third-order valence-electron chi connectivity index (χ3n) is 3.98. The largest absolute Gasteiger partial charge is 0.242 e. The van der Waals surface area contributed by atoms with Gasteiger partial charge in [-0.05, 0) is 35.6 Å². The molecule has 25 heavy (non-hydrogen) atoms. The van der Waals surface area contributed by atoms with Gasteiger partial charge in [-0.3, -0.25) is 0 Å². The molecule has 2 aromatic carbocycles. The minimum atomic E-state index is -3.84. The minimum absolute atomic E-state index is 0.0342. The van der Waals surface area contributed by atoms with Crippen molar-refractivity contribution >= 4 is 44.8 Å². The van der Waals surface area contributed by atoms with Gasteiger partial charge in [-0.2, -0.15) is 0 Å². The number of benzene rings is 2. The Morgan fingerprint density at radius 1 is 0.920 bits per heavy atom. The van der Waals surface area contributed by atoms with E-state index < -0.39 is 10.0 Å². The maximum atomic E-state index is 12.7. The van der Waals surface area contributed by atoms with E-state index in [1.807, 2.05) is 31.2 Å². The Morgan fingerprint density at radius 2 is 1.44 bits per heavy atom. The van der Waals surface area contributed by atoms with Gasteiger partial charge in [0.25, 0.3) is 0 Å². The summed E-state index contributed by atoms with van der Waals surface area (Å²) in [6.07, 6.45) is 0.596. The van der Waals surface area contributed by atoms with Crippen molar-refractivity contribution in [3.05, 3.63) is 62.6 Å². The SMILES string of the molecule is CCC(NS(=O)(=O)c1cc(Cl)c(Cl)cc1Cl)c1ccc(C(C)C)cc1. The van der Waals surface area contributed by atoms with Gasteiger partial charge in [0.2, 0.25) is 10.0 Å². The summed E-state index contributed by atoms with van der Waals surface area (Å²) in [5.41, 5.74) is 2.10. The first-order chi connectivity index (χ1) is 11.7. The van der Waals surface area contributed by atoms with Crippen LogP contribution in [0.2, 0.25) is 15.1 Å². The Bertz CT molecular complexity index is 849. The first-order valence-electron chi connectivity index (χ1n) is 7.92. The van der Waals surface area contributed by atoms with Crippen molar-refractivity contribution in [2.45, 2.75) is 44.0 Å². The molecule has 3 nitrogen and oxygen atoms in total. The molecule has 0 aromatic heterocycles. The molecule has 2 aromatic rings. The second-order valence-corrected chi connectivity index (χ2v) is 9.00. The second kappa shape index (κ2) is 8.28. The Labute approximate surface area is 164 Å². The highest BCUT2D eigenvalue weighted by molar-refractivity contribution is 7.89. The molecule has 7 heteroatoms. The van der Waals surface area contributed by atoms with E-state index in [9.17, 15) is 8.42 Å². The van der Waals surface area contributed by atoms with E-state index in [0.29, 0.717) is 12.3 Å². The fraction of sp³-hybridized carbons (Fsp3) is 0.333. The van der Waals surface area contributed by atoms with Crippen LogP contribution in [0.5, 0.6) is 0 Å². The fourth-order valence-corrected chi connectivity index (χ4v) is 4.77. The predicted octanol–water partition coefficient (Wildman–Crippen LogP) is 6.20. The lowest BCUT2D eigenvalue weighted by Crippen LogP contribution is -2.28. The Morgan fingerprint density at radius 3 is 1.96 bits per heavy atom. The van der Waals surface area contributed by atoms with Gasteiger partial charge in [0.1, 0.15) is 4.90 Å². The van der Waals surface area contributed by atoms with Crippen LogP contribution in [0.4, 0.5) is 0 Å². The van der Waals surface area contributed by atoms with Crippen molar-refractivity contribution in [1.29, 1.82) is 0 Å². The van der Waals surface area contributed by atoms with Gasteiger partial charge in [0.05, 0.1) is 15.1 Å². The first-order valence-corrected chi connectivity index (χ1v) is 10.5. The Balaban J connectivity index is 2.32. The molecule has 2 rings (SSSR count). The molecule has 0 heterocycles. The van der Waals surface area contributed by atoms with Gasteiger partial charge in [-0.15, -0.1) is 0 Å². The topological polar surface area (TPSA) is 46.2 Å². The third kappa shape index (κ3) is 4.89. The van der Waals surface area contributed by atoms with Gasteiger partial charge in [-0.25, -0.2) is 13.1 Å². The van der Waals surface area contributed by atoms with Crippen molar-refractivity contribution < 1.29 is 8.42 Å². The normalized spacial score (nSPS) is 13.2. The Kier molecular flexibility index (Phi) is 6.80. The minimum Gasteiger partial charge on any atom is -0.207 e. The molecule has 0 radical (unpaired) electrons. The van der Waals surface area contributed by atoms with Crippen molar-refractivity contribution in [2.75, 3.05) is 0 Å². The molecule has 0 spiro atoms. The van der Waals surface area contributed by atoms with E-state index in [0.717, 1.165) is 5.56 Å². The van der Waals surface area contributed by atoms with Crippen LogP contribution >= 0.6 is 34.8 Å².